The van der Waals surface area contributed by atoms with Gasteiger partial charge in [-0.2, -0.15) is 13.2 Å². The highest BCUT2D eigenvalue weighted by Crippen LogP contribution is 2.32. The maximum Gasteiger partial charge on any atom is 0.416 e. The van der Waals surface area contributed by atoms with Crippen molar-refractivity contribution in [1.29, 1.82) is 0 Å². The molecule has 0 heterocycles. The van der Waals surface area contributed by atoms with Crippen molar-refractivity contribution < 1.29 is 13.2 Å². The van der Waals surface area contributed by atoms with Gasteiger partial charge in [-0.05, 0) is 36.4 Å². The summed E-state index contributed by atoms with van der Waals surface area (Å²) in [5, 5.41) is 3.21. The second kappa shape index (κ2) is 6.61. The van der Waals surface area contributed by atoms with Gasteiger partial charge in [0.1, 0.15) is 0 Å². The monoisotopic (exact) mass is 285 g/mol. The first-order valence-electron chi connectivity index (χ1n) is 7.34. The van der Waals surface area contributed by atoms with E-state index in [0.29, 0.717) is 23.9 Å². The van der Waals surface area contributed by atoms with Gasteiger partial charge in [0.15, 0.2) is 0 Å². The zero-order valence-corrected chi connectivity index (χ0v) is 11.8. The first-order valence-corrected chi connectivity index (χ1v) is 7.34. The smallest absolute Gasteiger partial charge is 0.312 e. The molecule has 1 N–H and O–H groups in total. The number of benzene rings is 1. The minimum atomic E-state index is -4.27. The van der Waals surface area contributed by atoms with Crippen LogP contribution in [0.3, 0.4) is 0 Å². The van der Waals surface area contributed by atoms with E-state index < -0.39 is 11.7 Å². The largest absolute Gasteiger partial charge is 0.416 e. The average Bonchev–Trinajstić information content (AvgIpc) is 2.40. The van der Waals surface area contributed by atoms with Crippen LogP contribution in [-0.2, 0) is 12.7 Å². The predicted molar refractivity (Wildman–Crippen MR) is 74.3 cm³/mol. The summed E-state index contributed by atoms with van der Waals surface area (Å²) >= 11 is 0. The molecule has 112 valence electrons. The van der Waals surface area contributed by atoms with E-state index in [1.165, 1.54) is 31.7 Å². The van der Waals surface area contributed by atoms with Crippen LogP contribution in [0.5, 0.6) is 0 Å². The zero-order valence-electron chi connectivity index (χ0n) is 11.8. The van der Waals surface area contributed by atoms with Crippen LogP contribution in [-0.4, -0.2) is 6.54 Å². The lowest BCUT2D eigenvalue weighted by atomic mass is 9.80. The molecule has 2 atom stereocenters. The Morgan fingerprint density at radius 1 is 1.15 bits per heavy atom. The molecule has 1 aromatic rings. The second-order valence-corrected chi connectivity index (χ2v) is 5.81. The Bertz CT molecular complexity index is 428. The number of nitrogens with one attached hydrogen (secondary N) is 1. The van der Waals surface area contributed by atoms with E-state index in [1.54, 1.807) is 12.1 Å². The third-order valence-electron chi connectivity index (χ3n) is 4.33. The molecule has 2 rings (SSSR count). The van der Waals surface area contributed by atoms with Crippen molar-refractivity contribution in [2.75, 3.05) is 6.54 Å². The number of alkyl halides is 3. The molecule has 0 amide bonds. The highest BCUT2D eigenvalue weighted by Gasteiger charge is 2.32. The third kappa shape index (κ3) is 3.98. The fourth-order valence-electron chi connectivity index (χ4n) is 3.04. The van der Waals surface area contributed by atoms with E-state index in [-0.39, 0.29) is 0 Å². The first-order chi connectivity index (χ1) is 9.48. The van der Waals surface area contributed by atoms with Crippen molar-refractivity contribution in [3.05, 3.63) is 35.4 Å². The quantitative estimate of drug-likeness (QED) is 0.851. The van der Waals surface area contributed by atoms with E-state index >= 15 is 0 Å². The normalized spacial score (nSPS) is 23.8. The van der Waals surface area contributed by atoms with Gasteiger partial charge >= 0.3 is 6.18 Å². The molecule has 0 spiro atoms. The van der Waals surface area contributed by atoms with Crippen LogP contribution in [0.15, 0.2) is 24.3 Å². The summed E-state index contributed by atoms with van der Waals surface area (Å²) in [5.41, 5.74) is -0.187. The SMILES string of the molecule is CC1CCCCC1CNCc1ccccc1C(F)(F)F. The number of hydrogen-bond acceptors (Lipinski definition) is 1. The van der Waals surface area contributed by atoms with Gasteiger partial charge in [-0.1, -0.05) is 44.4 Å². The second-order valence-electron chi connectivity index (χ2n) is 5.81. The van der Waals surface area contributed by atoms with Crippen molar-refractivity contribution >= 4 is 0 Å². The minimum absolute atomic E-state index is 0.291. The molecule has 0 aromatic heterocycles. The molecule has 20 heavy (non-hydrogen) atoms. The number of halogens is 3. The summed E-state index contributed by atoms with van der Waals surface area (Å²) in [4.78, 5) is 0. The summed E-state index contributed by atoms with van der Waals surface area (Å²) in [7, 11) is 0. The maximum absolute atomic E-state index is 12.9. The molecule has 1 aliphatic rings. The maximum atomic E-state index is 12.9. The van der Waals surface area contributed by atoms with Crippen molar-refractivity contribution in [3.8, 4) is 0 Å². The van der Waals surface area contributed by atoms with Gasteiger partial charge in [0.05, 0.1) is 5.56 Å². The molecule has 1 aliphatic carbocycles. The van der Waals surface area contributed by atoms with E-state index in [0.717, 1.165) is 12.6 Å². The van der Waals surface area contributed by atoms with E-state index in [2.05, 4.69) is 12.2 Å². The Labute approximate surface area is 118 Å². The van der Waals surface area contributed by atoms with E-state index in [1.807, 2.05) is 0 Å². The molecule has 0 radical (unpaired) electrons. The zero-order chi connectivity index (χ0) is 14.6. The molecule has 4 heteroatoms. The van der Waals surface area contributed by atoms with Crippen LogP contribution < -0.4 is 5.32 Å². The van der Waals surface area contributed by atoms with Crippen LogP contribution in [0.25, 0.3) is 0 Å². The fraction of sp³-hybridized carbons (Fsp3) is 0.625. The Morgan fingerprint density at radius 2 is 1.85 bits per heavy atom. The summed E-state index contributed by atoms with van der Waals surface area (Å²) in [6, 6.07) is 5.81. The molecule has 1 fully saturated rings. The van der Waals surface area contributed by atoms with Gasteiger partial charge in [0, 0.05) is 6.54 Å². The lowest BCUT2D eigenvalue weighted by molar-refractivity contribution is -0.138. The molecule has 1 aromatic carbocycles. The molecule has 0 aliphatic heterocycles. The van der Waals surface area contributed by atoms with Gasteiger partial charge in [0.2, 0.25) is 0 Å². The average molecular weight is 285 g/mol. The van der Waals surface area contributed by atoms with Crippen molar-refractivity contribution in [1.82, 2.24) is 5.32 Å². The van der Waals surface area contributed by atoms with Gasteiger partial charge in [-0.25, -0.2) is 0 Å². The molecule has 1 saturated carbocycles. The summed E-state index contributed by atoms with van der Waals surface area (Å²) < 4.78 is 38.6. The van der Waals surface area contributed by atoms with Gasteiger partial charge < -0.3 is 5.32 Å². The standard InChI is InChI=1S/C16H22F3N/c1-12-6-2-3-7-13(12)10-20-11-14-8-4-5-9-15(14)16(17,18)19/h4-5,8-9,12-13,20H,2-3,6-7,10-11H2,1H3. The molecular weight excluding hydrogens is 263 g/mol. The topological polar surface area (TPSA) is 12.0 Å². The number of hydrogen-bond donors (Lipinski definition) is 1. The van der Waals surface area contributed by atoms with Crippen molar-refractivity contribution in [3.63, 3.8) is 0 Å². The Hall–Kier alpha value is -1.03. The van der Waals surface area contributed by atoms with Crippen molar-refractivity contribution in [2.45, 2.75) is 45.3 Å². The van der Waals surface area contributed by atoms with Gasteiger partial charge in [0.25, 0.3) is 0 Å². The number of rotatable bonds is 4. The molecule has 0 saturated heterocycles. The summed E-state index contributed by atoms with van der Waals surface area (Å²) in [6.45, 7) is 3.35. The van der Waals surface area contributed by atoms with E-state index in [9.17, 15) is 13.2 Å². The molecule has 2 unspecified atom stereocenters. The lowest BCUT2D eigenvalue weighted by Crippen LogP contribution is -2.29. The van der Waals surface area contributed by atoms with Crippen LogP contribution in [0.4, 0.5) is 13.2 Å². The highest BCUT2D eigenvalue weighted by atomic mass is 19.4. The lowest BCUT2D eigenvalue weighted by Gasteiger charge is -2.29. The summed E-state index contributed by atoms with van der Waals surface area (Å²) in [5.74, 6) is 1.27. The first kappa shape index (κ1) is 15.4. The molecular formula is C16H22F3N. The Balaban J connectivity index is 1.91. The van der Waals surface area contributed by atoms with E-state index in [4.69, 9.17) is 0 Å². The van der Waals surface area contributed by atoms with Crippen molar-refractivity contribution in [2.24, 2.45) is 11.8 Å². The summed E-state index contributed by atoms with van der Waals surface area (Å²) in [6.07, 6.45) is 0.696. The predicted octanol–water partition coefficient (Wildman–Crippen LogP) is 4.62. The Kier molecular flexibility index (Phi) is 5.08. The Morgan fingerprint density at radius 3 is 2.55 bits per heavy atom. The van der Waals surface area contributed by atoms with Crippen LogP contribution in [0.1, 0.15) is 43.7 Å². The minimum Gasteiger partial charge on any atom is -0.312 e. The van der Waals surface area contributed by atoms with Gasteiger partial charge in [-0.3, -0.25) is 0 Å². The highest BCUT2D eigenvalue weighted by molar-refractivity contribution is 5.29. The van der Waals surface area contributed by atoms with Crippen LogP contribution in [0, 0.1) is 11.8 Å². The fourth-order valence-corrected chi connectivity index (χ4v) is 3.04. The molecule has 1 nitrogen and oxygen atoms in total. The molecule has 0 bridgehead atoms. The van der Waals surface area contributed by atoms with Gasteiger partial charge in [-0.15, -0.1) is 0 Å². The van der Waals surface area contributed by atoms with Crippen LogP contribution in [0.2, 0.25) is 0 Å². The van der Waals surface area contributed by atoms with Crippen LogP contribution >= 0.6 is 0 Å². The third-order valence-corrected chi connectivity index (χ3v) is 4.33.